The topological polar surface area (TPSA) is 62.2 Å². The van der Waals surface area contributed by atoms with Crippen LogP contribution in [0.15, 0.2) is 91.1 Å². The molecule has 4 aromatic rings. The molecule has 3 aromatic carbocycles. The lowest BCUT2D eigenvalue weighted by molar-refractivity contribution is 0.0954. The Kier molecular flexibility index (Phi) is 6.96. The van der Waals surface area contributed by atoms with Crippen molar-refractivity contribution in [3.63, 3.8) is 0 Å². The Morgan fingerprint density at radius 2 is 1.64 bits per heavy atom. The highest BCUT2D eigenvalue weighted by molar-refractivity contribution is 5.95. The molecule has 0 spiro atoms. The average Bonchev–Trinajstić information content (AvgIpc) is 2.85. The molecule has 0 saturated carbocycles. The molecule has 1 unspecified atom stereocenters. The third kappa shape index (κ3) is 5.73. The van der Waals surface area contributed by atoms with Crippen LogP contribution in [0.4, 0.5) is 0 Å². The predicted octanol–water partition coefficient (Wildman–Crippen LogP) is 5.42. The van der Waals surface area contributed by atoms with Gasteiger partial charge in [0.15, 0.2) is 0 Å². The van der Waals surface area contributed by atoms with Crippen LogP contribution in [0, 0.1) is 13.8 Å². The summed E-state index contributed by atoms with van der Waals surface area (Å²) in [5.74, 6) is -0.162. The third-order valence-electron chi connectivity index (χ3n) is 5.71. The number of aliphatic hydroxyl groups excluding tert-OH is 1. The Labute approximate surface area is 195 Å². The molecule has 33 heavy (non-hydrogen) atoms. The van der Waals surface area contributed by atoms with Gasteiger partial charge in [0.05, 0.1) is 0 Å². The van der Waals surface area contributed by atoms with E-state index in [-0.39, 0.29) is 5.91 Å². The molecule has 0 aliphatic rings. The quantitative estimate of drug-likeness (QED) is 0.407. The van der Waals surface area contributed by atoms with Crippen LogP contribution in [0.1, 0.15) is 44.4 Å². The third-order valence-corrected chi connectivity index (χ3v) is 5.71. The molecule has 1 heterocycles. The summed E-state index contributed by atoms with van der Waals surface area (Å²) in [6.45, 7) is 4.50. The number of pyridine rings is 1. The van der Waals surface area contributed by atoms with Crippen LogP contribution in [0.5, 0.6) is 0 Å². The van der Waals surface area contributed by atoms with E-state index in [0.717, 1.165) is 27.9 Å². The first-order valence-corrected chi connectivity index (χ1v) is 11.1. The van der Waals surface area contributed by atoms with Gasteiger partial charge in [-0.2, -0.15) is 0 Å². The summed E-state index contributed by atoms with van der Waals surface area (Å²) in [6, 6.07) is 27.3. The van der Waals surface area contributed by atoms with Gasteiger partial charge in [0.1, 0.15) is 6.10 Å². The molecule has 4 heteroatoms. The zero-order valence-corrected chi connectivity index (χ0v) is 19.0. The molecule has 166 valence electrons. The summed E-state index contributed by atoms with van der Waals surface area (Å²) in [6.07, 6.45) is 1.73. The number of hydrogen-bond acceptors (Lipinski definition) is 3. The van der Waals surface area contributed by atoms with Gasteiger partial charge in [0.25, 0.3) is 5.91 Å². The smallest absolute Gasteiger partial charge is 0.251 e. The molecule has 1 amide bonds. The minimum Gasteiger partial charge on any atom is -0.384 e. The molecule has 0 saturated heterocycles. The van der Waals surface area contributed by atoms with Gasteiger partial charge in [-0.25, -0.2) is 0 Å². The van der Waals surface area contributed by atoms with Gasteiger partial charge >= 0.3 is 0 Å². The van der Waals surface area contributed by atoms with Crippen molar-refractivity contribution in [1.29, 1.82) is 0 Å². The fourth-order valence-corrected chi connectivity index (χ4v) is 3.75. The second-order valence-electron chi connectivity index (χ2n) is 8.34. The number of carbonyl (C=O) groups excluding carboxylic acids is 1. The highest BCUT2D eigenvalue weighted by Gasteiger charge is 2.16. The molecule has 0 radical (unpaired) electrons. The number of hydrogen-bond donors (Lipinski definition) is 2. The van der Waals surface area contributed by atoms with Gasteiger partial charge in [-0.05, 0) is 72.4 Å². The highest BCUT2D eigenvalue weighted by Crippen LogP contribution is 2.29. The minimum atomic E-state index is -0.818. The molecule has 0 aliphatic carbocycles. The van der Waals surface area contributed by atoms with Crippen LogP contribution in [0.2, 0.25) is 0 Å². The van der Waals surface area contributed by atoms with E-state index >= 15 is 0 Å². The Morgan fingerprint density at radius 1 is 0.879 bits per heavy atom. The maximum Gasteiger partial charge on any atom is 0.251 e. The minimum absolute atomic E-state index is 0.162. The normalized spacial score (nSPS) is 11.7. The highest BCUT2D eigenvalue weighted by atomic mass is 16.3. The number of nitrogens with one attached hydrogen (secondary N) is 1. The number of nitrogens with zero attached hydrogens (tertiary/aromatic N) is 1. The Morgan fingerprint density at radius 3 is 2.33 bits per heavy atom. The van der Waals surface area contributed by atoms with Crippen LogP contribution in [0.25, 0.3) is 11.1 Å². The Hall–Kier alpha value is -3.76. The molecule has 4 rings (SSSR count). The van der Waals surface area contributed by atoms with Crippen molar-refractivity contribution < 1.29 is 9.90 Å². The number of aromatic nitrogens is 1. The molecular formula is C29H28N2O2. The van der Waals surface area contributed by atoms with Gasteiger partial charge < -0.3 is 10.4 Å². The van der Waals surface area contributed by atoms with Crippen molar-refractivity contribution in [3.05, 3.63) is 125 Å². The van der Waals surface area contributed by atoms with Gasteiger partial charge in [-0.15, -0.1) is 0 Å². The Bertz CT molecular complexity index is 1220. The molecule has 0 bridgehead atoms. The number of aliphatic hydroxyl groups is 1. The molecule has 2 N–H and O–H groups in total. The SMILES string of the molecule is Cc1ccc(-c2cc(C(=O)NCCc3ccc(C)nc3)cc(C(O)c3ccccc3)c2)cc1. The maximum absolute atomic E-state index is 13.0. The largest absolute Gasteiger partial charge is 0.384 e. The van der Waals surface area contributed by atoms with E-state index in [0.29, 0.717) is 24.1 Å². The summed E-state index contributed by atoms with van der Waals surface area (Å²) < 4.78 is 0. The monoisotopic (exact) mass is 436 g/mol. The maximum atomic E-state index is 13.0. The van der Waals surface area contributed by atoms with Crippen LogP contribution < -0.4 is 5.32 Å². The van der Waals surface area contributed by atoms with Crippen molar-refractivity contribution >= 4 is 5.91 Å². The zero-order valence-electron chi connectivity index (χ0n) is 19.0. The number of aryl methyl sites for hydroxylation is 2. The Balaban J connectivity index is 1.60. The summed E-state index contributed by atoms with van der Waals surface area (Å²) in [4.78, 5) is 17.3. The van der Waals surface area contributed by atoms with E-state index in [1.165, 1.54) is 5.56 Å². The van der Waals surface area contributed by atoms with Crippen LogP contribution >= 0.6 is 0 Å². The number of rotatable bonds is 7. The first kappa shape index (κ1) is 22.4. The van der Waals surface area contributed by atoms with E-state index in [1.54, 1.807) is 6.07 Å². The summed E-state index contributed by atoms with van der Waals surface area (Å²) in [5.41, 5.74) is 7.12. The fourth-order valence-electron chi connectivity index (χ4n) is 3.75. The lowest BCUT2D eigenvalue weighted by atomic mass is 9.94. The van der Waals surface area contributed by atoms with Crippen LogP contribution in [-0.4, -0.2) is 22.5 Å². The fraction of sp³-hybridized carbons (Fsp3) is 0.172. The first-order chi connectivity index (χ1) is 16.0. The van der Waals surface area contributed by atoms with Crippen molar-refractivity contribution in [1.82, 2.24) is 10.3 Å². The van der Waals surface area contributed by atoms with Crippen molar-refractivity contribution in [2.45, 2.75) is 26.4 Å². The van der Waals surface area contributed by atoms with Crippen LogP contribution in [0.3, 0.4) is 0 Å². The van der Waals surface area contributed by atoms with E-state index in [4.69, 9.17) is 0 Å². The van der Waals surface area contributed by atoms with Gasteiger partial charge in [-0.1, -0.05) is 66.2 Å². The second kappa shape index (κ2) is 10.2. The number of carbonyl (C=O) groups is 1. The van der Waals surface area contributed by atoms with Gasteiger partial charge in [0, 0.05) is 24.0 Å². The van der Waals surface area contributed by atoms with Crippen molar-refractivity contribution in [2.24, 2.45) is 0 Å². The molecule has 0 fully saturated rings. The second-order valence-corrected chi connectivity index (χ2v) is 8.34. The van der Waals surface area contributed by atoms with Gasteiger partial charge in [0.2, 0.25) is 0 Å². The lowest BCUT2D eigenvalue weighted by Gasteiger charge is -2.16. The summed E-state index contributed by atoms with van der Waals surface area (Å²) in [5, 5.41) is 14.0. The van der Waals surface area contributed by atoms with Crippen molar-refractivity contribution in [2.75, 3.05) is 6.54 Å². The van der Waals surface area contributed by atoms with Gasteiger partial charge in [-0.3, -0.25) is 9.78 Å². The number of benzene rings is 3. The summed E-state index contributed by atoms with van der Waals surface area (Å²) >= 11 is 0. The van der Waals surface area contributed by atoms with E-state index in [9.17, 15) is 9.90 Å². The van der Waals surface area contributed by atoms with Crippen molar-refractivity contribution in [3.8, 4) is 11.1 Å². The molecule has 0 aliphatic heterocycles. The number of amides is 1. The first-order valence-electron chi connectivity index (χ1n) is 11.1. The van der Waals surface area contributed by atoms with E-state index < -0.39 is 6.10 Å². The zero-order chi connectivity index (χ0) is 23.2. The van der Waals surface area contributed by atoms with E-state index in [2.05, 4.69) is 10.3 Å². The lowest BCUT2D eigenvalue weighted by Crippen LogP contribution is -2.26. The van der Waals surface area contributed by atoms with Crippen LogP contribution in [-0.2, 0) is 6.42 Å². The standard InChI is InChI=1S/C29H28N2O2/c1-20-8-12-23(13-9-20)25-16-26(28(32)24-6-4-3-5-7-24)18-27(17-25)29(33)30-15-14-22-11-10-21(2)31-19-22/h3-13,16-19,28,32H,14-15H2,1-2H3,(H,30,33). The molecular weight excluding hydrogens is 408 g/mol. The molecule has 1 aromatic heterocycles. The molecule has 4 nitrogen and oxygen atoms in total. The summed E-state index contributed by atoms with van der Waals surface area (Å²) in [7, 11) is 0. The molecule has 1 atom stereocenters. The average molecular weight is 437 g/mol. The van der Waals surface area contributed by atoms with E-state index in [1.807, 2.05) is 98.9 Å². The predicted molar refractivity (Wildman–Crippen MR) is 132 cm³/mol.